The maximum atomic E-state index is 12.7. The van der Waals surface area contributed by atoms with Gasteiger partial charge in [0.1, 0.15) is 29.0 Å². The summed E-state index contributed by atoms with van der Waals surface area (Å²) in [7, 11) is 3.09. The van der Waals surface area contributed by atoms with E-state index in [0.29, 0.717) is 47.6 Å². The maximum Gasteiger partial charge on any atom is 0.255 e. The molecule has 0 saturated carbocycles. The number of anilines is 4. The number of nitrogens with one attached hydrogen (secondary N) is 2. The van der Waals surface area contributed by atoms with Crippen LogP contribution in [-0.4, -0.2) is 56.4 Å². The molecule has 4 rings (SSSR count). The third kappa shape index (κ3) is 5.69. The van der Waals surface area contributed by atoms with Crippen molar-refractivity contribution < 1.29 is 19.0 Å². The minimum Gasteiger partial charge on any atom is -0.497 e. The van der Waals surface area contributed by atoms with Crippen molar-refractivity contribution >= 4 is 28.9 Å². The van der Waals surface area contributed by atoms with E-state index in [1.54, 1.807) is 32.4 Å². The molecule has 0 spiro atoms. The van der Waals surface area contributed by atoms with E-state index in [1.807, 2.05) is 37.3 Å². The summed E-state index contributed by atoms with van der Waals surface area (Å²) in [6.07, 6.45) is 0. The van der Waals surface area contributed by atoms with E-state index >= 15 is 0 Å². The van der Waals surface area contributed by atoms with Gasteiger partial charge in [0.15, 0.2) is 0 Å². The molecule has 0 radical (unpaired) electrons. The standard InChI is InChI=1S/C24H27N5O4/c1-16-25-22(15-23(26-16)29-8-10-33-11-9-29)27-18-4-6-19(7-5-18)28-24(30)17-12-20(31-2)14-21(13-17)32-3/h4-7,12-15H,8-11H2,1-3H3,(H,28,30)(H,25,26,27). The molecule has 2 aromatic carbocycles. The fraction of sp³-hybridized carbons (Fsp3) is 0.292. The summed E-state index contributed by atoms with van der Waals surface area (Å²) in [6, 6.07) is 14.4. The monoisotopic (exact) mass is 449 g/mol. The number of ether oxygens (including phenoxy) is 3. The van der Waals surface area contributed by atoms with Crippen LogP contribution < -0.4 is 25.0 Å². The Labute approximate surface area is 192 Å². The Balaban J connectivity index is 1.44. The van der Waals surface area contributed by atoms with Crippen LogP contribution in [0, 0.1) is 6.92 Å². The summed E-state index contributed by atoms with van der Waals surface area (Å²) >= 11 is 0. The zero-order chi connectivity index (χ0) is 23.2. The fourth-order valence-electron chi connectivity index (χ4n) is 3.50. The predicted octanol–water partition coefficient (Wildman–Crippen LogP) is 3.63. The van der Waals surface area contributed by atoms with Crippen molar-refractivity contribution in [2.24, 2.45) is 0 Å². The molecule has 1 amide bonds. The number of morpholine rings is 1. The van der Waals surface area contributed by atoms with Crippen LogP contribution in [-0.2, 0) is 4.74 Å². The molecule has 172 valence electrons. The number of benzene rings is 2. The van der Waals surface area contributed by atoms with Gasteiger partial charge in [-0.25, -0.2) is 9.97 Å². The minimum atomic E-state index is -0.255. The number of carbonyl (C=O) groups is 1. The fourth-order valence-corrected chi connectivity index (χ4v) is 3.50. The molecule has 3 aromatic rings. The van der Waals surface area contributed by atoms with E-state index < -0.39 is 0 Å². The van der Waals surface area contributed by atoms with E-state index in [4.69, 9.17) is 14.2 Å². The first-order valence-corrected chi connectivity index (χ1v) is 10.6. The highest BCUT2D eigenvalue weighted by Crippen LogP contribution is 2.25. The van der Waals surface area contributed by atoms with Gasteiger partial charge in [-0.15, -0.1) is 0 Å². The minimum absolute atomic E-state index is 0.255. The highest BCUT2D eigenvalue weighted by molar-refractivity contribution is 6.04. The van der Waals surface area contributed by atoms with Crippen LogP contribution in [0.5, 0.6) is 11.5 Å². The van der Waals surface area contributed by atoms with Gasteiger partial charge < -0.3 is 29.7 Å². The van der Waals surface area contributed by atoms with Crippen molar-refractivity contribution in [1.29, 1.82) is 0 Å². The lowest BCUT2D eigenvalue weighted by atomic mass is 10.1. The summed E-state index contributed by atoms with van der Waals surface area (Å²) in [5, 5.41) is 6.20. The SMILES string of the molecule is COc1cc(OC)cc(C(=O)Nc2ccc(Nc3cc(N4CCOCC4)nc(C)n3)cc2)c1. The van der Waals surface area contributed by atoms with Crippen LogP contribution in [0.2, 0.25) is 0 Å². The second-order valence-corrected chi connectivity index (χ2v) is 7.52. The van der Waals surface area contributed by atoms with Crippen LogP contribution in [0.4, 0.5) is 23.0 Å². The number of nitrogens with zero attached hydrogens (tertiary/aromatic N) is 3. The van der Waals surface area contributed by atoms with Crippen LogP contribution >= 0.6 is 0 Å². The van der Waals surface area contributed by atoms with Gasteiger partial charge in [0.2, 0.25) is 0 Å². The van der Waals surface area contributed by atoms with Gasteiger partial charge in [-0.1, -0.05) is 0 Å². The lowest BCUT2D eigenvalue weighted by Gasteiger charge is -2.28. The highest BCUT2D eigenvalue weighted by Gasteiger charge is 2.14. The van der Waals surface area contributed by atoms with Crippen LogP contribution in [0.15, 0.2) is 48.5 Å². The zero-order valence-electron chi connectivity index (χ0n) is 18.9. The van der Waals surface area contributed by atoms with E-state index in [-0.39, 0.29) is 5.91 Å². The molecule has 1 aliphatic rings. The van der Waals surface area contributed by atoms with Gasteiger partial charge in [0.25, 0.3) is 5.91 Å². The number of hydrogen-bond acceptors (Lipinski definition) is 8. The summed E-state index contributed by atoms with van der Waals surface area (Å²) in [6.45, 7) is 4.89. The van der Waals surface area contributed by atoms with Crippen molar-refractivity contribution in [2.45, 2.75) is 6.92 Å². The van der Waals surface area contributed by atoms with Crippen molar-refractivity contribution in [3.8, 4) is 11.5 Å². The van der Waals surface area contributed by atoms with Crippen molar-refractivity contribution in [2.75, 3.05) is 56.1 Å². The number of methoxy groups -OCH3 is 2. The summed E-state index contributed by atoms with van der Waals surface area (Å²) in [4.78, 5) is 23.9. The molecule has 0 aliphatic carbocycles. The Hall–Kier alpha value is -3.85. The number of rotatable bonds is 7. The van der Waals surface area contributed by atoms with Crippen molar-refractivity contribution in [1.82, 2.24) is 9.97 Å². The second kappa shape index (κ2) is 10.2. The first kappa shape index (κ1) is 22.3. The number of hydrogen-bond donors (Lipinski definition) is 2. The van der Waals surface area contributed by atoms with Gasteiger partial charge in [-0.3, -0.25) is 4.79 Å². The highest BCUT2D eigenvalue weighted by atomic mass is 16.5. The van der Waals surface area contributed by atoms with Gasteiger partial charge in [0, 0.05) is 42.2 Å². The molecule has 0 unspecified atom stereocenters. The molecule has 1 saturated heterocycles. The van der Waals surface area contributed by atoms with Crippen LogP contribution in [0.3, 0.4) is 0 Å². The molecule has 0 atom stereocenters. The summed E-state index contributed by atoms with van der Waals surface area (Å²) < 4.78 is 15.9. The first-order chi connectivity index (χ1) is 16.0. The number of aromatic nitrogens is 2. The number of carbonyl (C=O) groups excluding carboxylic acids is 1. The first-order valence-electron chi connectivity index (χ1n) is 10.6. The lowest BCUT2D eigenvalue weighted by Crippen LogP contribution is -2.36. The molecule has 1 fully saturated rings. The molecule has 33 heavy (non-hydrogen) atoms. The van der Waals surface area contributed by atoms with Gasteiger partial charge >= 0.3 is 0 Å². The Bertz CT molecular complexity index is 1090. The Morgan fingerprint density at radius 1 is 0.939 bits per heavy atom. The van der Waals surface area contributed by atoms with Gasteiger partial charge in [-0.2, -0.15) is 0 Å². The lowest BCUT2D eigenvalue weighted by molar-refractivity contribution is 0.102. The largest absolute Gasteiger partial charge is 0.497 e. The quantitative estimate of drug-likeness (QED) is 0.564. The van der Waals surface area contributed by atoms with Crippen molar-refractivity contribution in [3.63, 3.8) is 0 Å². The Kier molecular flexibility index (Phi) is 6.89. The topological polar surface area (TPSA) is 97.8 Å². The molecule has 2 heterocycles. The van der Waals surface area contributed by atoms with Gasteiger partial charge in [-0.05, 0) is 43.3 Å². The third-order valence-electron chi connectivity index (χ3n) is 5.19. The average molecular weight is 450 g/mol. The molecule has 9 heteroatoms. The van der Waals surface area contributed by atoms with E-state index in [2.05, 4.69) is 25.5 Å². The zero-order valence-corrected chi connectivity index (χ0v) is 18.9. The van der Waals surface area contributed by atoms with E-state index in [0.717, 1.165) is 24.6 Å². The summed E-state index contributed by atoms with van der Waals surface area (Å²) in [5.74, 6) is 3.13. The average Bonchev–Trinajstić information content (AvgIpc) is 2.85. The third-order valence-corrected chi connectivity index (χ3v) is 5.19. The smallest absolute Gasteiger partial charge is 0.255 e. The molecule has 0 bridgehead atoms. The number of amides is 1. The predicted molar refractivity (Wildman–Crippen MR) is 127 cm³/mol. The summed E-state index contributed by atoms with van der Waals surface area (Å²) in [5.41, 5.74) is 1.96. The van der Waals surface area contributed by atoms with Gasteiger partial charge in [0.05, 0.1) is 27.4 Å². The molecule has 1 aliphatic heterocycles. The molecule has 2 N–H and O–H groups in total. The Morgan fingerprint density at radius 3 is 2.21 bits per heavy atom. The second-order valence-electron chi connectivity index (χ2n) is 7.52. The number of aryl methyl sites for hydroxylation is 1. The molecular weight excluding hydrogens is 422 g/mol. The normalized spacial score (nSPS) is 13.4. The molecule has 9 nitrogen and oxygen atoms in total. The van der Waals surface area contributed by atoms with Crippen LogP contribution in [0.25, 0.3) is 0 Å². The Morgan fingerprint density at radius 2 is 1.58 bits per heavy atom. The van der Waals surface area contributed by atoms with E-state index in [9.17, 15) is 4.79 Å². The molecular formula is C24H27N5O4. The molecule has 1 aromatic heterocycles. The van der Waals surface area contributed by atoms with E-state index in [1.165, 1.54) is 0 Å². The maximum absolute atomic E-state index is 12.7. The van der Waals surface area contributed by atoms with Crippen molar-refractivity contribution in [3.05, 3.63) is 59.9 Å². The van der Waals surface area contributed by atoms with Crippen LogP contribution in [0.1, 0.15) is 16.2 Å².